The largest absolute Gasteiger partial charge is 0.465 e. The summed E-state index contributed by atoms with van der Waals surface area (Å²) in [5, 5.41) is 29.4. The molecule has 5 nitrogen and oxygen atoms in total. The Morgan fingerprint density at radius 1 is 1.47 bits per heavy atom. The number of amides is 1. The van der Waals surface area contributed by atoms with Gasteiger partial charge in [-0.25, -0.2) is 4.79 Å². The predicted octanol–water partition coefficient (Wildman–Crippen LogP) is 2.05. The van der Waals surface area contributed by atoms with Crippen molar-refractivity contribution in [2.75, 3.05) is 13.1 Å². The molecule has 2 atom stereocenters. The smallest absolute Gasteiger partial charge is 0.407 e. The first-order valence-corrected chi connectivity index (χ1v) is 6.21. The van der Waals surface area contributed by atoms with Gasteiger partial charge in [0.05, 0.1) is 12.0 Å². The average Bonchev–Trinajstić information content (AvgIpc) is 2.39. The highest BCUT2D eigenvalue weighted by Gasteiger charge is 2.44. The molecule has 1 fully saturated rings. The van der Waals surface area contributed by atoms with Gasteiger partial charge >= 0.3 is 6.09 Å². The zero-order valence-corrected chi connectivity index (χ0v) is 10.8. The lowest BCUT2D eigenvalue weighted by molar-refractivity contribution is -0.0517. The third kappa shape index (κ3) is 2.50. The van der Waals surface area contributed by atoms with Crippen LogP contribution in [0, 0.1) is 17.2 Å². The molecule has 0 aliphatic carbocycles. The number of likely N-dealkylation sites (tertiary alicyclic amines) is 1. The van der Waals surface area contributed by atoms with Crippen molar-refractivity contribution >= 4 is 17.7 Å². The Bertz CT molecular complexity index is 526. The Hall–Kier alpha value is -1.77. The number of halogens is 1. The van der Waals surface area contributed by atoms with Crippen molar-refractivity contribution in [3.05, 3.63) is 34.9 Å². The minimum absolute atomic E-state index is 0.00492. The normalized spacial score (nSPS) is 26.8. The zero-order valence-electron chi connectivity index (χ0n) is 10.1. The minimum Gasteiger partial charge on any atom is -0.465 e. The standard InChI is InChI=1S/C13H13ClN2O3/c14-11-3-1-9(2-4-11)13(19)5-6-16(12(17)18)8-10(13)7-15/h1-4,10,19H,5-6,8H2,(H,17,18). The third-order valence-electron chi connectivity index (χ3n) is 3.51. The number of nitrogens with zero attached hydrogens (tertiary/aromatic N) is 2. The number of benzene rings is 1. The van der Waals surface area contributed by atoms with E-state index in [1.54, 1.807) is 24.3 Å². The fraction of sp³-hybridized carbons (Fsp3) is 0.385. The molecule has 1 aliphatic rings. The molecule has 0 saturated carbocycles. The van der Waals surface area contributed by atoms with Gasteiger partial charge in [0.15, 0.2) is 0 Å². The van der Waals surface area contributed by atoms with Crippen molar-refractivity contribution in [2.45, 2.75) is 12.0 Å². The Morgan fingerprint density at radius 2 is 2.11 bits per heavy atom. The van der Waals surface area contributed by atoms with E-state index in [-0.39, 0.29) is 19.5 Å². The molecule has 6 heteroatoms. The molecule has 2 unspecified atom stereocenters. The Balaban J connectivity index is 2.30. The molecule has 0 radical (unpaired) electrons. The van der Waals surface area contributed by atoms with Gasteiger partial charge in [-0.1, -0.05) is 23.7 Å². The summed E-state index contributed by atoms with van der Waals surface area (Å²) in [4.78, 5) is 12.1. The number of piperidine rings is 1. The first kappa shape index (κ1) is 13.7. The summed E-state index contributed by atoms with van der Waals surface area (Å²) >= 11 is 5.80. The monoisotopic (exact) mass is 280 g/mol. The van der Waals surface area contributed by atoms with Crippen LogP contribution in [-0.2, 0) is 5.60 Å². The second-order valence-corrected chi connectivity index (χ2v) is 5.03. The van der Waals surface area contributed by atoms with Crippen molar-refractivity contribution in [3.8, 4) is 6.07 Å². The van der Waals surface area contributed by atoms with E-state index < -0.39 is 17.6 Å². The van der Waals surface area contributed by atoms with Gasteiger partial charge in [-0.2, -0.15) is 5.26 Å². The van der Waals surface area contributed by atoms with E-state index in [9.17, 15) is 15.2 Å². The average molecular weight is 281 g/mol. The van der Waals surface area contributed by atoms with Crippen LogP contribution in [0.5, 0.6) is 0 Å². The Kier molecular flexibility index (Phi) is 3.65. The molecule has 1 aromatic rings. The van der Waals surface area contributed by atoms with E-state index in [4.69, 9.17) is 16.7 Å². The fourth-order valence-corrected chi connectivity index (χ4v) is 2.47. The lowest BCUT2D eigenvalue weighted by Crippen LogP contribution is -2.51. The summed E-state index contributed by atoms with van der Waals surface area (Å²) in [6, 6.07) is 8.64. The van der Waals surface area contributed by atoms with Crippen molar-refractivity contribution < 1.29 is 15.0 Å². The number of nitriles is 1. The molecule has 1 aliphatic heterocycles. The van der Waals surface area contributed by atoms with Crippen molar-refractivity contribution in [3.63, 3.8) is 0 Å². The number of aliphatic hydroxyl groups is 1. The molecule has 2 N–H and O–H groups in total. The summed E-state index contributed by atoms with van der Waals surface area (Å²) in [7, 11) is 0. The van der Waals surface area contributed by atoms with Gasteiger partial charge in [0.25, 0.3) is 0 Å². The predicted molar refractivity (Wildman–Crippen MR) is 68.7 cm³/mol. The molecule has 1 amide bonds. The summed E-state index contributed by atoms with van der Waals surface area (Å²) in [5.74, 6) is -0.793. The summed E-state index contributed by atoms with van der Waals surface area (Å²) in [6.07, 6.45) is -0.877. The maximum absolute atomic E-state index is 10.9. The molecule has 1 aromatic carbocycles. The summed E-state index contributed by atoms with van der Waals surface area (Å²) in [5.41, 5.74) is -0.737. The maximum Gasteiger partial charge on any atom is 0.407 e. The molecule has 1 heterocycles. The van der Waals surface area contributed by atoms with Crippen LogP contribution in [0.2, 0.25) is 5.02 Å². The van der Waals surface area contributed by atoms with Gasteiger partial charge < -0.3 is 15.1 Å². The molecule has 19 heavy (non-hydrogen) atoms. The fourth-order valence-electron chi connectivity index (χ4n) is 2.35. The maximum atomic E-state index is 10.9. The quantitative estimate of drug-likeness (QED) is 0.824. The van der Waals surface area contributed by atoms with Gasteiger partial charge in [0, 0.05) is 18.1 Å². The van der Waals surface area contributed by atoms with Crippen molar-refractivity contribution in [1.29, 1.82) is 5.26 Å². The van der Waals surface area contributed by atoms with Gasteiger partial charge in [-0.15, -0.1) is 0 Å². The van der Waals surface area contributed by atoms with Gasteiger partial charge in [-0.05, 0) is 24.1 Å². The van der Waals surface area contributed by atoms with Gasteiger partial charge in [0.1, 0.15) is 5.60 Å². The van der Waals surface area contributed by atoms with Crippen molar-refractivity contribution in [1.82, 2.24) is 4.90 Å². The van der Waals surface area contributed by atoms with Crippen LogP contribution in [-0.4, -0.2) is 34.3 Å². The van der Waals surface area contributed by atoms with Crippen LogP contribution < -0.4 is 0 Å². The van der Waals surface area contributed by atoms with E-state index in [0.29, 0.717) is 10.6 Å². The summed E-state index contributed by atoms with van der Waals surface area (Å²) in [6.45, 7) is 0.206. The van der Waals surface area contributed by atoms with Crippen LogP contribution in [0.4, 0.5) is 4.79 Å². The van der Waals surface area contributed by atoms with E-state index in [1.165, 1.54) is 0 Å². The van der Waals surface area contributed by atoms with Crippen LogP contribution in [0.3, 0.4) is 0 Å². The number of rotatable bonds is 1. The summed E-state index contributed by atoms with van der Waals surface area (Å²) < 4.78 is 0. The SMILES string of the molecule is N#CC1CN(C(=O)O)CCC1(O)c1ccc(Cl)cc1. The first-order valence-electron chi connectivity index (χ1n) is 5.83. The molecule has 100 valence electrons. The second kappa shape index (κ2) is 5.08. The number of hydrogen-bond donors (Lipinski definition) is 2. The molecule has 2 rings (SSSR count). The molecular formula is C13H13ClN2O3. The minimum atomic E-state index is -1.33. The van der Waals surface area contributed by atoms with Gasteiger partial charge in [0.2, 0.25) is 0 Å². The lowest BCUT2D eigenvalue weighted by atomic mass is 9.77. The van der Waals surface area contributed by atoms with E-state index in [2.05, 4.69) is 0 Å². The number of hydrogen-bond acceptors (Lipinski definition) is 3. The molecule has 1 saturated heterocycles. The van der Waals surface area contributed by atoms with E-state index in [1.807, 2.05) is 6.07 Å². The number of carboxylic acid groups (broad SMARTS) is 1. The zero-order chi connectivity index (χ0) is 14.0. The van der Waals surface area contributed by atoms with Gasteiger partial charge in [-0.3, -0.25) is 0 Å². The van der Waals surface area contributed by atoms with Crippen LogP contribution >= 0.6 is 11.6 Å². The topological polar surface area (TPSA) is 84.6 Å². The molecule has 0 aromatic heterocycles. The highest BCUT2D eigenvalue weighted by molar-refractivity contribution is 6.30. The van der Waals surface area contributed by atoms with Crippen LogP contribution in [0.1, 0.15) is 12.0 Å². The molecule has 0 bridgehead atoms. The Labute approximate surface area is 115 Å². The molecule has 0 spiro atoms. The third-order valence-corrected chi connectivity index (χ3v) is 3.76. The van der Waals surface area contributed by atoms with E-state index >= 15 is 0 Å². The lowest BCUT2D eigenvalue weighted by Gasteiger charge is -2.40. The van der Waals surface area contributed by atoms with Crippen LogP contribution in [0.25, 0.3) is 0 Å². The highest BCUT2D eigenvalue weighted by Crippen LogP contribution is 2.37. The van der Waals surface area contributed by atoms with E-state index in [0.717, 1.165) is 4.90 Å². The Morgan fingerprint density at radius 3 is 2.63 bits per heavy atom. The molecular weight excluding hydrogens is 268 g/mol. The first-order chi connectivity index (χ1) is 8.97. The highest BCUT2D eigenvalue weighted by atomic mass is 35.5. The van der Waals surface area contributed by atoms with Crippen molar-refractivity contribution in [2.24, 2.45) is 5.92 Å². The number of carbonyl (C=O) groups is 1. The van der Waals surface area contributed by atoms with Crippen LogP contribution in [0.15, 0.2) is 24.3 Å². The second-order valence-electron chi connectivity index (χ2n) is 4.59.